The minimum absolute atomic E-state index is 0.121. The van der Waals surface area contributed by atoms with Crippen LogP contribution in [0.2, 0.25) is 5.02 Å². The van der Waals surface area contributed by atoms with Crippen LogP contribution in [0.5, 0.6) is 0 Å². The van der Waals surface area contributed by atoms with Crippen molar-refractivity contribution < 1.29 is 13.6 Å². The van der Waals surface area contributed by atoms with Crippen molar-refractivity contribution in [1.82, 2.24) is 0 Å². The zero-order valence-corrected chi connectivity index (χ0v) is 11.2. The Morgan fingerprint density at radius 2 is 1.78 bits per heavy atom. The van der Waals surface area contributed by atoms with Crippen molar-refractivity contribution in [3.63, 3.8) is 0 Å². The fraction of sp³-hybridized carbons (Fsp3) is 0. The molecule has 0 aliphatic rings. The van der Waals surface area contributed by atoms with Crippen LogP contribution in [-0.4, -0.2) is 5.78 Å². The Morgan fingerprint density at radius 3 is 2.50 bits per heavy atom. The van der Waals surface area contributed by atoms with E-state index in [2.05, 4.69) is 15.9 Å². The van der Waals surface area contributed by atoms with Gasteiger partial charge in [0.05, 0.1) is 10.6 Å². The molecule has 0 bridgehead atoms. The van der Waals surface area contributed by atoms with Gasteiger partial charge in [0, 0.05) is 10.0 Å². The number of carbonyl (C=O) groups is 1. The van der Waals surface area contributed by atoms with Crippen LogP contribution >= 0.6 is 27.5 Å². The second-order valence-corrected chi connectivity index (χ2v) is 4.90. The molecule has 0 spiro atoms. The highest BCUT2D eigenvalue weighted by Crippen LogP contribution is 2.24. The number of carbonyl (C=O) groups excluding carboxylic acids is 1. The average molecular weight is 332 g/mol. The van der Waals surface area contributed by atoms with Gasteiger partial charge in [-0.2, -0.15) is 0 Å². The number of hydrogen-bond donors (Lipinski definition) is 0. The molecule has 0 aliphatic heterocycles. The molecule has 18 heavy (non-hydrogen) atoms. The molecule has 92 valence electrons. The van der Waals surface area contributed by atoms with Gasteiger partial charge >= 0.3 is 0 Å². The maximum absolute atomic E-state index is 13.5. The maximum Gasteiger partial charge on any atom is 0.197 e. The number of hydrogen-bond acceptors (Lipinski definition) is 1. The van der Waals surface area contributed by atoms with Crippen molar-refractivity contribution in [2.45, 2.75) is 0 Å². The van der Waals surface area contributed by atoms with Crippen molar-refractivity contribution in [3.8, 4) is 0 Å². The number of rotatable bonds is 2. The van der Waals surface area contributed by atoms with Crippen LogP contribution in [0.1, 0.15) is 15.9 Å². The van der Waals surface area contributed by atoms with Crippen molar-refractivity contribution in [2.75, 3.05) is 0 Å². The van der Waals surface area contributed by atoms with Crippen LogP contribution in [0.15, 0.2) is 40.9 Å². The largest absolute Gasteiger partial charge is 0.288 e. The lowest BCUT2D eigenvalue weighted by Crippen LogP contribution is -2.05. The van der Waals surface area contributed by atoms with Gasteiger partial charge < -0.3 is 0 Å². The molecular weight excluding hydrogens is 325 g/mol. The van der Waals surface area contributed by atoms with Crippen molar-refractivity contribution in [3.05, 3.63) is 68.7 Å². The Kier molecular flexibility index (Phi) is 3.78. The normalized spacial score (nSPS) is 10.4. The Balaban J connectivity index is 2.54. The molecule has 0 aromatic heterocycles. The van der Waals surface area contributed by atoms with Gasteiger partial charge in [0.25, 0.3) is 0 Å². The molecule has 0 aliphatic carbocycles. The topological polar surface area (TPSA) is 17.1 Å². The molecule has 0 amide bonds. The zero-order chi connectivity index (χ0) is 13.3. The standard InChI is InChI=1S/C13H6BrClF2O/c14-7-1-3-11(15)9(5-7)13(18)10-6-8(16)2-4-12(10)17/h1-6H. The van der Waals surface area contributed by atoms with Crippen molar-refractivity contribution >= 4 is 33.3 Å². The van der Waals surface area contributed by atoms with Gasteiger partial charge in [0.1, 0.15) is 11.6 Å². The van der Waals surface area contributed by atoms with Gasteiger partial charge in [-0.25, -0.2) is 8.78 Å². The minimum Gasteiger partial charge on any atom is -0.288 e. The highest BCUT2D eigenvalue weighted by molar-refractivity contribution is 9.10. The molecule has 0 radical (unpaired) electrons. The van der Waals surface area contributed by atoms with Crippen LogP contribution < -0.4 is 0 Å². The average Bonchev–Trinajstić information content (AvgIpc) is 2.34. The minimum atomic E-state index is -0.780. The van der Waals surface area contributed by atoms with Gasteiger partial charge in [0.2, 0.25) is 0 Å². The van der Waals surface area contributed by atoms with E-state index in [0.29, 0.717) is 4.47 Å². The van der Waals surface area contributed by atoms with Crippen LogP contribution in [0.4, 0.5) is 8.78 Å². The number of halogens is 4. The summed E-state index contributed by atoms with van der Waals surface area (Å²) in [5.41, 5.74) is -0.217. The third-order valence-electron chi connectivity index (χ3n) is 2.35. The van der Waals surface area contributed by atoms with E-state index in [4.69, 9.17) is 11.6 Å². The van der Waals surface area contributed by atoms with Crippen LogP contribution in [-0.2, 0) is 0 Å². The summed E-state index contributed by atoms with van der Waals surface area (Å²) < 4.78 is 27.2. The van der Waals surface area contributed by atoms with Gasteiger partial charge in [-0.3, -0.25) is 4.79 Å². The monoisotopic (exact) mass is 330 g/mol. The van der Waals surface area contributed by atoms with E-state index in [-0.39, 0.29) is 16.1 Å². The van der Waals surface area contributed by atoms with E-state index < -0.39 is 17.4 Å². The molecule has 0 unspecified atom stereocenters. The van der Waals surface area contributed by atoms with Crippen molar-refractivity contribution in [1.29, 1.82) is 0 Å². The summed E-state index contributed by atoms with van der Waals surface area (Å²) in [6.45, 7) is 0. The first-order valence-corrected chi connectivity index (χ1v) is 6.11. The van der Waals surface area contributed by atoms with Crippen LogP contribution in [0.25, 0.3) is 0 Å². The first kappa shape index (κ1) is 13.2. The lowest BCUT2D eigenvalue weighted by molar-refractivity contribution is 0.103. The quantitative estimate of drug-likeness (QED) is 0.734. The molecular formula is C13H6BrClF2O. The molecule has 0 heterocycles. The Hall–Kier alpha value is -1.26. The fourth-order valence-electron chi connectivity index (χ4n) is 1.49. The summed E-state index contributed by atoms with van der Waals surface area (Å²) in [5.74, 6) is -2.11. The first-order chi connectivity index (χ1) is 8.49. The molecule has 0 atom stereocenters. The van der Waals surface area contributed by atoms with Crippen molar-refractivity contribution in [2.24, 2.45) is 0 Å². The first-order valence-electron chi connectivity index (χ1n) is 4.94. The van der Waals surface area contributed by atoms with Gasteiger partial charge in [-0.05, 0) is 36.4 Å². The molecule has 0 fully saturated rings. The molecule has 2 aromatic rings. The zero-order valence-electron chi connectivity index (χ0n) is 8.88. The molecule has 2 aromatic carbocycles. The van der Waals surface area contributed by atoms with Gasteiger partial charge in [-0.1, -0.05) is 27.5 Å². The molecule has 1 nitrogen and oxygen atoms in total. The van der Waals surface area contributed by atoms with E-state index >= 15 is 0 Å². The van der Waals surface area contributed by atoms with Gasteiger partial charge in [-0.15, -0.1) is 0 Å². The van der Waals surface area contributed by atoms with Crippen LogP contribution in [0.3, 0.4) is 0 Å². The summed E-state index contributed by atoms with van der Waals surface area (Å²) in [5, 5.41) is 0.187. The van der Waals surface area contributed by atoms with E-state index in [1.807, 2.05) is 0 Å². The molecule has 2 rings (SSSR count). The lowest BCUT2D eigenvalue weighted by atomic mass is 10.0. The van der Waals surface area contributed by atoms with E-state index in [1.165, 1.54) is 12.1 Å². The van der Waals surface area contributed by atoms with E-state index in [1.54, 1.807) is 6.07 Å². The molecule has 0 N–H and O–H groups in total. The highest BCUT2D eigenvalue weighted by atomic mass is 79.9. The highest BCUT2D eigenvalue weighted by Gasteiger charge is 2.17. The lowest BCUT2D eigenvalue weighted by Gasteiger charge is -2.05. The summed E-state index contributed by atoms with van der Waals surface area (Å²) in [6, 6.07) is 7.35. The van der Waals surface area contributed by atoms with Gasteiger partial charge in [0.15, 0.2) is 5.78 Å². The number of benzene rings is 2. The van der Waals surface area contributed by atoms with E-state index in [0.717, 1.165) is 18.2 Å². The van der Waals surface area contributed by atoms with Crippen LogP contribution in [0, 0.1) is 11.6 Å². The Labute approximate surface area is 116 Å². The maximum atomic E-state index is 13.5. The molecule has 0 saturated heterocycles. The Morgan fingerprint density at radius 1 is 1.06 bits per heavy atom. The predicted molar refractivity (Wildman–Crippen MR) is 68.9 cm³/mol. The summed E-state index contributed by atoms with van der Waals surface area (Å²) in [7, 11) is 0. The second-order valence-electron chi connectivity index (χ2n) is 3.58. The third kappa shape index (κ3) is 2.60. The smallest absolute Gasteiger partial charge is 0.197 e. The Bertz CT molecular complexity index is 575. The second kappa shape index (κ2) is 5.16. The SMILES string of the molecule is O=C(c1cc(F)ccc1F)c1cc(Br)ccc1Cl. The van der Waals surface area contributed by atoms with E-state index in [9.17, 15) is 13.6 Å². The fourth-order valence-corrected chi connectivity index (χ4v) is 2.05. The molecule has 5 heteroatoms. The summed E-state index contributed by atoms with van der Waals surface area (Å²) in [4.78, 5) is 12.1. The summed E-state index contributed by atoms with van der Waals surface area (Å²) in [6.07, 6.45) is 0. The predicted octanol–water partition coefficient (Wildman–Crippen LogP) is 4.61. The number of ketones is 1. The molecule has 0 saturated carbocycles. The third-order valence-corrected chi connectivity index (χ3v) is 3.17. The summed E-state index contributed by atoms with van der Waals surface area (Å²) >= 11 is 9.07.